The molecule has 3 aromatic heterocycles. The van der Waals surface area contributed by atoms with Crippen LogP contribution >= 0.6 is 23.6 Å². The van der Waals surface area contributed by atoms with Crippen LogP contribution in [0.3, 0.4) is 0 Å². The lowest BCUT2D eigenvalue weighted by Crippen LogP contribution is -2.28. The molecule has 6 nitrogen and oxygen atoms in total. The highest BCUT2D eigenvalue weighted by Gasteiger charge is 2.09. The average molecular weight is 331 g/mol. The van der Waals surface area contributed by atoms with E-state index < -0.39 is 0 Å². The molecule has 3 aromatic rings. The van der Waals surface area contributed by atoms with Crippen molar-refractivity contribution >= 4 is 34.5 Å². The number of nitrogens with one attached hydrogen (secondary N) is 2. The average Bonchev–Trinajstić information content (AvgIpc) is 3.16. The molecule has 0 bridgehead atoms. The van der Waals surface area contributed by atoms with Crippen molar-refractivity contribution in [2.75, 3.05) is 5.32 Å². The zero-order valence-electron chi connectivity index (χ0n) is 11.7. The number of pyridine rings is 1. The van der Waals surface area contributed by atoms with Crippen molar-refractivity contribution in [2.45, 2.75) is 13.5 Å². The third kappa shape index (κ3) is 3.66. The van der Waals surface area contributed by atoms with Crippen LogP contribution in [0.2, 0.25) is 0 Å². The van der Waals surface area contributed by atoms with Gasteiger partial charge in [0.1, 0.15) is 5.82 Å². The largest absolute Gasteiger partial charge is 0.353 e. The standard InChI is InChI=1S/C14H13N5OS2/c1-9-4-5-15-11(7-9)17-14(21)16-8-12-18-13(19-20-12)10-3-2-6-22-10/h2-7H,8H2,1H3,(H2,15,16,17,21). The lowest BCUT2D eigenvalue weighted by atomic mass is 10.3. The first-order valence-corrected chi connectivity index (χ1v) is 7.83. The molecule has 0 aromatic carbocycles. The number of anilines is 1. The molecule has 0 aliphatic rings. The Balaban J connectivity index is 1.55. The fraction of sp³-hybridized carbons (Fsp3) is 0.143. The minimum Gasteiger partial charge on any atom is -0.353 e. The summed E-state index contributed by atoms with van der Waals surface area (Å²) >= 11 is 6.78. The lowest BCUT2D eigenvalue weighted by Gasteiger charge is -2.08. The normalized spacial score (nSPS) is 10.4. The van der Waals surface area contributed by atoms with Crippen LogP contribution < -0.4 is 10.6 Å². The molecule has 112 valence electrons. The fourth-order valence-corrected chi connectivity index (χ4v) is 2.58. The topological polar surface area (TPSA) is 75.9 Å². The summed E-state index contributed by atoms with van der Waals surface area (Å²) in [4.78, 5) is 9.47. The highest BCUT2D eigenvalue weighted by molar-refractivity contribution is 7.80. The van der Waals surface area contributed by atoms with E-state index in [9.17, 15) is 0 Å². The molecule has 0 radical (unpaired) electrons. The molecule has 0 amide bonds. The highest BCUT2D eigenvalue weighted by Crippen LogP contribution is 2.21. The summed E-state index contributed by atoms with van der Waals surface area (Å²) in [5.41, 5.74) is 1.11. The Labute approximate surface area is 136 Å². The van der Waals surface area contributed by atoms with Crippen LogP contribution in [-0.4, -0.2) is 20.2 Å². The van der Waals surface area contributed by atoms with Crippen molar-refractivity contribution in [2.24, 2.45) is 0 Å². The molecule has 3 heterocycles. The fourth-order valence-electron chi connectivity index (χ4n) is 1.75. The first kappa shape index (κ1) is 14.6. The molecule has 2 N–H and O–H groups in total. The molecular formula is C14H13N5OS2. The van der Waals surface area contributed by atoms with E-state index in [-0.39, 0.29) is 0 Å². The van der Waals surface area contributed by atoms with Gasteiger partial charge in [0.2, 0.25) is 11.7 Å². The molecule has 0 saturated carbocycles. The summed E-state index contributed by atoms with van der Waals surface area (Å²) in [6, 6.07) is 7.73. The van der Waals surface area contributed by atoms with Crippen LogP contribution in [0.25, 0.3) is 10.7 Å². The van der Waals surface area contributed by atoms with Gasteiger partial charge in [-0.05, 0) is 48.3 Å². The van der Waals surface area contributed by atoms with Gasteiger partial charge in [0.15, 0.2) is 5.11 Å². The monoisotopic (exact) mass is 331 g/mol. The van der Waals surface area contributed by atoms with Crippen LogP contribution in [0.1, 0.15) is 11.5 Å². The Bertz CT molecular complexity index is 769. The summed E-state index contributed by atoms with van der Waals surface area (Å²) in [6.45, 7) is 2.35. The summed E-state index contributed by atoms with van der Waals surface area (Å²) in [5, 5.41) is 12.4. The molecule has 0 aliphatic heterocycles. The zero-order valence-corrected chi connectivity index (χ0v) is 13.4. The van der Waals surface area contributed by atoms with E-state index in [0.29, 0.717) is 29.2 Å². The molecule has 0 unspecified atom stereocenters. The van der Waals surface area contributed by atoms with Crippen molar-refractivity contribution in [1.82, 2.24) is 20.4 Å². The predicted octanol–water partition coefficient (Wildman–Crippen LogP) is 2.99. The minimum absolute atomic E-state index is 0.357. The maximum Gasteiger partial charge on any atom is 0.246 e. The number of aryl methyl sites for hydroxylation is 1. The summed E-state index contributed by atoms with van der Waals surface area (Å²) in [5.74, 6) is 1.76. The second-order valence-electron chi connectivity index (χ2n) is 4.52. The first-order valence-electron chi connectivity index (χ1n) is 6.55. The number of rotatable bonds is 4. The van der Waals surface area contributed by atoms with Gasteiger partial charge in [-0.1, -0.05) is 11.2 Å². The molecule has 0 aliphatic carbocycles. The second kappa shape index (κ2) is 6.63. The Morgan fingerprint density at radius 1 is 1.41 bits per heavy atom. The predicted molar refractivity (Wildman–Crippen MR) is 89.6 cm³/mol. The van der Waals surface area contributed by atoms with Crippen LogP contribution in [0, 0.1) is 6.92 Å². The molecule has 0 atom stereocenters. The van der Waals surface area contributed by atoms with E-state index in [1.165, 1.54) is 0 Å². The number of hydrogen-bond acceptors (Lipinski definition) is 6. The SMILES string of the molecule is Cc1ccnc(NC(=S)NCc2nc(-c3cccs3)no2)c1. The van der Waals surface area contributed by atoms with Gasteiger partial charge < -0.3 is 15.2 Å². The number of thiocarbonyl (C=S) groups is 1. The number of nitrogens with zero attached hydrogens (tertiary/aromatic N) is 3. The first-order chi connectivity index (χ1) is 10.7. The Morgan fingerprint density at radius 2 is 2.32 bits per heavy atom. The minimum atomic E-state index is 0.357. The number of thiophene rings is 1. The van der Waals surface area contributed by atoms with Crippen molar-refractivity contribution in [1.29, 1.82) is 0 Å². The van der Waals surface area contributed by atoms with Gasteiger partial charge in [0.05, 0.1) is 11.4 Å². The molecule has 22 heavy (non-hydrogen) atoms. The Morgan fingerprint density at radius 3 is 3.09 bits per heavy atom. The lowest BCUT2D eigenvalue weighted by molar-refractivity contribution is 0.376. The zero-order chi connectivity index (χ0) is 15.4. The molecule has 3 rings (SSSR count). The van der Waals surface area contributed by atoms with Crippen LogP contribution in [0.15, 0.2) is 40.4 Å². The Hall–Kier alpha value is -2.32. The number of hydrogen-bond donors (Lipinski definition) is 2. The number of aromatic nitrogens is 3. The summed E-state index contributed by atoms with van der Waals surface area (Å²) in [6.07, 6.45) is 1.73. The highest BCUT2D eigenvalue weighted by atomic mass is 32.1. The smallest absolute Gasteiger partial charge is 0.246 e. The van der Waals surface area contributed by atoms with Crippen molar-refractivity contribution < 1.29 is 4.52 Å². The van der Waals surface area contributed by atoms with Crippen LogP contribution in [0.4, 0.5) is 5.82 Å². The second-order valence-corrected chi connectivity index (χ2v) is 5.87. The molecule has 0 saturated heterocycles. The van der Waals surface area contributed by atoms with Gasteiger partial charge in [-0.25, -0.2) is 4.98 Å². The van der Waals surface area contributed by atoms with Crippen LogP contribution in [-0.2, 0) is 6.54 Å². The van der Waals surface area contributed by atoms with E-state index in [2.05, 4.69) is 25.8 Å². The van der Waals surface area contributed by atoms with Gasteiger partial charge in [-0.2, -0.15) is 4.98 Å². The van der Waals surface area contributed by atoms with E-state index in [0.717, 1.165) is 10.4 Å². The van der Waals surface area contributed by atoms with E-state index in [4.69, 9.17) is 16.7 Å². The quantitative estimate of drug-likeness (QED) is 0.712. The van der Waals surface area contributed by atoms with Crippen molar-refractivity contribution in [3.63, 3.8) is 0 Å². The maximum atomic E-state index is 5.21. The van der Waals surface area contributed by atoms with Gasteiger partial charge in [0.25, 0.3) is 0 Å². The Kier molecular flexibility index (Phi) is 4.40. The summed E-state index contributed by atoms with van der Waals surface area (Å²) < 4.78 is 5.19. The van der Waals surface area contributed by atoms with Gasteiger partial charge >= 0.3 is 0 Å². The van der Waals surface area contributed by atoms with E-state index in [1.807, 2.05) is 36.6 Å². The van der Waals surface area contributed by atoms with Gasteiger partial charge in [-0.15, -0.1) is 11.3 Å². The molecule has 8 heteroatoms. The third-order valence-electron chi connectivity index (χ3n) is 2.77. The molecule has 0 fully saturated rings. The van der Waals surface area contributed by atoms with E-state index in [1.54, 1.807) is 17.5 Å². The molecular weight excluding hydrogens is 318 g/mol. The van der Waals surface area contributed by atoms with Crippen molar-refractivity contribution in [3.05, 3.63) is 47.3 Å². The maximum absolute atomic E-state index is 5.21. The summed E-state index contributed by atoms with van der Waals surface area (Å²) in [7, 11) is 0. The van der Waals surface area contributed by atoms with E-state index >= 15 is 0 Å². The van der Waals surface area contributed by atoms with Gasteiger partial charge in [0, 0.05) is 6.20 Å². The van der Waals surface area contributed by atoms with Crippen LogP contribution in [0.5, 0.6) is 0 Å². The molecule has 0 spiro atoms. The van der Waals surface area contributed by atoms with Crippen molar-refractivity contribution in [3.8, 4) is 10.7 Å². The van der Waals surface area contributed by atoms with Gasteiger partial charge in [-0.3, -0.25) is 0 Å². The third-order valence-corrected chi connectivity index (χ3v) is 3.88.